The Labute approximate surface area is 128 Å². The normalized spacial score (nSPS) is 34.8. The van der Waals surface area contributed by atoms with E-state index >= 15 is 0 Å². The molecule has 0 radical (unpaired) electrons. The Bertz CT molecular complexity index is 389. The third kappa shape index (κ3) is 3.16. The molecule has 2 aliphatic carbocycles. The number of nitrogens with zero attached hydrogens (tertiary/aromatic N) is 2. The number of hydrogen-bond acceptors (Lipinski definition) is 3. The van der Waals surface area contributed by atoms with E-state index in [1.54, 1.807) is 6.08 Å². The van der Waals surface area contributed by atoms with Crippen molar-refractivity contribution in [3.05, 3.63) is 12.7 Å². The molecule has 1 N–H and O–H groups in total. The molecule has 1 saturated heterocycles. The smallest absolute Gasteiger partial charge is 0.237 e. The Morgan fingerprint density at radius 1 is 1.29 bits per heavy atom. The Morgan fingerprint density at radius 2 is 2.05 bits per heavy atom. The second kappa shape index (κ2) is 6.49. The van der Waals surface area contributed by atoms with Crippen LogP contribution < -0.4 is 5.32 Å². The molecule has 2 bridgehead atoms. The Kier molecular flexibility index (Phi) is 4.65. The predicted molar refractivity (Wildman–Crippen MR) is 85.1 cm³/mol. The zero-order chi connectivity index (χ0) is 14.8. The first-order valence-corrected chi connectivity index (χ1v) is 8.55. The molecule has 0 spiro atoms. The van der Waals surface area contributed by atoms with Crippen molar-refractivity contribution in [1.82, 2.24) is 15.1 Å². The van der Waals surface area contributed by atoms with Gasteiger partial charge >= 0.3 is 0 Å². The van der Waals surface area contributed by atoms with E-state index in [1.165, 1.54) is 25.7 Å². The number of piperazine rings is 1. The van der Waals surface area contributed by atoms with E-state index in [0.29, 0.717) is 6.54 Å². The van der Waals surface area contributed by atoms with E-state index in [9.17, 15) is 4.79 Å². The summed E-state index contributed by atoms with van der Waals surface area (Å²) < 4.78 is 0. The van der Waals surface area contributed by atoms with Gasteiger partial charge in [0.25, 0.3) is 0 Å². The maximum absolute atomic E-state index is 12.0. The molecule has 4 heteroatoms. The van der Waals surface area contributed by atoms with Gasteiger partial charge in [-0.05, 0) is 38.0 Å². The van der Waals surface area contributed by atoms with Crippen molar-refractivity contribution in [1.29, 1.82) is 0 Å². The number of carbonyl (C=O) groups excluding carboxylic acids is 1. The minimum absolute atomic E-state index is 0.0212. The third-order valence-electron chi connectivity index (χ3n) is 5.87. The largest absolute Gasteiger partial charge is 0.351 e. The van der Waals surface area contributed by atoms with Crippen LogP contribution in [-0.4, -0.2) is 60.5 Å². The van der Waals surface area contributed by atoms with Crippen molar-refractivity contribution in [2.24, 2.45) is 11.8 Å². The van der Waals surface area contributed by atoms with Gasteiger partial charge in [-0.25, -0.2) is 0 Å². The van der Waals surface area contributed by atoms with E-state index in [0.717, 1.165) is 44.1 Å². The molecule has 21 heavy (non-hydrogen) atoms. The third-order valence-corrected chi connectivity index (χ3v) is 5.87. The van der Waals surface area contributed by atoms with E-state index < -0.39 is 0 Å². The average Bonchev–Trinajstić information content (AvgIpc) is 3.15. The lowest BCUT2D eigenvalue weighted by Gasteiger charge is -2.42. The van der Waals surface area contributed by atoms with Crippen molar-refractivity contribution < 1.29 is 4.79 Å². The van der Waals surface area contributed by atoms with E-state index in [-0.39, 0.29) is 11.9 Å². The van der Waals surface area contributed by atoms with Crippen molar-refractivity contribution in [2.75, 3.05) is 32.7 Å². The first-order chi connectivity index (χ1) is 10.2. The summed E-state index contributed by atoms with van der Waals surface area (Å²) in [6, 6.07) is 0.822. The van der Waals surface area contributed by atoms with Gasteiger partial charge in [-0.15, -0.1) is 6.58 Å². The molecule has 0 aromatic rings. The molecule has 4 nitrogen and oxygen atoms in total. The minimum atomic E-state index is -0.0212. The zero-order valence-electron chi connectivity index (χ0n) is 13.3. The highest BCUT2D eigenvalue weighted by Gasteiger charge is 2.43. The summed E-state index contributed by atoms with van der Waals surface area (Å²) in [7, 11) is 0. The number of carbonyl (C=O) groups is 1. The predicted octanol–water partition coefficient (Wildman–Crippen LogP) is 1.48. The van der Waals surface area contributed by atoms with Crippen LogP contribution in [0.4, 0.5) is 0 Å². The van der Waals surface area contributed by atoms with Gasteiger partial charge in [-0.3, -0.25) is 14.6 Å². The fourth-order valence-electron chi connectivity index (χ4n) is 4.60. The number of nitrogens with one attached hydrogen (secondary N) is 1. The Morgan fingerprint density at radius 3 is 2.62 bits per heavy atom. The molecule has 1 amide bonds. The van der Waals surface area contributed by atoms with E-state index in [1.807, 2.05) is 6.92 Å². The van der Waals surface area contributed by atoms with Gasteiger partial charge in [0.1, 0.15) is 0 Å². The average molecular weight is 291 g/mol. The van der Waals surface area contributed by atoms with Crippen LogP contribution in [0.3, 0.4) is 0 Å². The summed E-state index contributed by atoms with van der Waals surface area (Å²) in [4.78, 5) is 17.1. The number of amides is 1. The van der Waals surface area contributed by atoms with Crippen molar-refractivity contribution in [3.8, 4) is 0 Å². The lowest BCUT2D eigenvalue weighted by Crippen LogP contribution is -2.56. The van der Waals surface area contributed by atoms with Crippen molar-refractivity contribution in [2.45, 2.75) is 44.7 Å². The summed E-state index contributed by atoms with van der Waals surface area (Å²) in [5.74, 6) is 2.11. The van der Waals surface area contributed by atoms with Crippen LogP contribution in [-0.2, 0) is 4.79 Å². The summed E-state index contributed by atoms with van der Waals surface area (Å²) in [6.07, 6.45) is 7.57. The van der Waals surface area contributed by atoms with Gasteiger partial charge in [0.15, 0.2) is 0 Å². The van der Waals surface area contributed by atoms with Gasteiger partial charge in [0.2, 0.25) is 5.91 Å². The maximum atomic E-state index is 12.0. The molecule has 1 heterocycles. The van der Waals surface area contributed by atoms with Crippen molar-refractivity contribution >= 4 is 5.91 Å². The van der Waals surface area contributed by atoms with Crippen molar-refractivity contribution in [3.63, 3.8) is 0 Å². The minimum Gasteiger partial charge on any atom is -0.351 e. The highest BCUT2D eigenvalue weighted by atomic mass is 16.2. The molecule has 0 aromatic carbocycles. The van der Waals surface area contributed by atoms with Crippen LogP contribution in [0.2, 0.25) is 0 Å². The first kappa shape index (κ1) is 15.0. The highest BCUT2D eigenvalue weighted by molar-refractivity contribution is 5.81. The molecule has 1 aliphatic heterocycles. The van der Waals surface area contributed by atoms with Crippen LogP contribution in [0.25, 0.3) is 0 Å². The van der Waals surface area contributed by atoms with Crippen LogP contribution in [0.15, 0.2) is 12.7 Å². The fourth-order valence-corrected chi connectivity index (χ4v) is 4.60. The highest BCUT2D eigenvalue weighted by Crippen LogP contribution is 2.46. The number of fused-ring (bicyclic) bond motifs is 2. The molecule has 2 saturated carbocycles. The molecule has 4 atom stereocenters. The number of hydrogen-bond donors (Lipinski definition) is 1. The van der Waals surface area contributed by atoms with Gasteiger partial charge in [0, 0.05) is 38.8 Å². The van der Waals surface area contributed by atoms with Gasteiger partial charge in [-0.2, -0.15) is 0 Å². The molecular weight excluding hydrogens is 262 g/mol. The van der Waals surface area contributed by atoms with Gasteiger partial charge < -0.3 is 5.32 Å². The summed E-state index contributed by atoms with van der Waals surface area (Å²) in [5, 5.41) is 2.91. The van der Waals surface area contributed by atoms with Gasteiger partial charge in [-0.1, -0.05) is 12.5 Å². The lowest BCUT2D eigenvalue weighted by atomic mass is 9.93. The SMILES string of the molecule is C=CCNC(=O)[C@@H](C)N1CCN([C@H]2C[C@H]3CC[C@H]2C3)CC1. The molecule has 0 unspecified atom stereocenters. The zero-order valence-corrected chi connectivity index (χ0v) is 13.3. The van der Waals surface area contributed by atoms with Crippen LogP contribution in [0.5, 0.6) is 0 Å². The Balaban J connectivity index is 1.46. The molecule has 118 valence electrons. The van der Waals surface area contributed by atoms with E-state index in [4.69, 9.17) is 0 Å². The van der Waals surface area contributed by atoms with Crippen LogP contribution in [0.1, 0.15) is 32.6 Å². The first-order valence-electron chi connectivity index (χ1n) is 8.55. The standard InChI is InChI=1S/C17H29N3O/c1-3-6-18-17(21)13(2)19-7-9-20(10-8-19)16-12-14-4-5-15(16)11-14/h3,13-16H,1,4-12H2,2H3,(H,18,21)/t13-,14+,15+,16+/m1/s1. The monoisotopic (exact) mass is 291 g/mol. The summed E-state index contributed by atoms with van der Waals surface area (Å²) in [6.45, 7) is 10.5. The topological polar surface area (TPSA) is 35.6 Å². The quantitative estimate of drug-likeness (QED) is 0.780. The molecule has 3 aliphatic rings. The Hall–Kier alpha value is -0.870. The molecular formula is C17H29N3O. The number of rotatable bonds is 5. The maximum Gasteiger partial charge on any atom is 0.237 e. The second-order valence-electron chi connectivity index (χ2n) is 7.02. The van der Waals surface area contributed by atoms with Crippen LogP contribution >= 0.6 is 0 Å². The molecule has 0 aromatic heterocycles. The summed E-state index contributed by atoms with van der Waals surface area (Å²) in [5.41, 5.74) is 0. The van der Waals surface area contributed by atoms with E-state index in [2.05, 4.69) is 21.7 Å². The summed E-state index contributed by atoms with van der Waals surface area (Å²) >= 11 is 0. The van der Waals surface area contributed by atoms with Crippen LogP contribution in [0, 0.1) is 11.8 Å². The second-order valence-corrected chi connectivity index (χ2v) is 7.02. The van der Waals surface area contributed by atoms with Gasteiger partial charge in [0.05, 0.1) is 6.04 Å². The lowest BCUT2D eigenvalue weighted by molar-refractivity contribution is -0.126. The molecule has 3 rings (SSSR count). The molecule has 3 fully saturated rings. The fraction of sp³-hybridized carbons (Fsp3) is 0.824.